The Labute approximate surface area is 145 Å². The zero-order valence-electron chi connectivity index (χ0n) is 13.3. The van der Waals surface area contributed by atoms with Gasteiger partial charge < -0.3 is 10.2 Å². The van der Waals surface area contributed by atoms with Crippen molar-refractivity contribution < 1.29 is 14.5 Å². The molecular weight excluding hydrogens is 334 g/mol. The third-order valence-corrected chi connectivity index (χ3v) is 4.28. The van der Waals surface area contributed by atoms with Crippen molar-refractivity contribution in [2.24, 2.45) is 0 Å². The minimum Gasteiger partial charge on any atom is -0.352 e. The molecule has 0 bridgehead atoms. The number of nitro groups is 1. The van der Waals surface area contributed by atoms with Crippen molar-refractivity contribution >= 4 is 29.1 Å². The second kappa shape index (κ2) is 8.63. The van der Waals surface area contributed by atoms with Crippen LogP contribution in [0.2, 0.25) is 5.02 Å². The molecule has 0 aromatic heterocycles. The van der Waals surface area contributed by atoms with E-state index in [0.29, 0.717) is 25.9 Å². The summed E-state index contributed by atoms with van der Waals surface area (Å²) in [5.41, 5.74) is 0.0457. The molecule has 0 spiro atoms. The molecule has 1 aromatic rings. The summed E-state index contributed by atoms with van der Waals surface area (Å²) in [5, 5.41) is 13.4. The fourth-order valence-corrected chi connectivity index (χ4v) is 2.90. The Morgan fingerprint density at radius 2 is 2.12 bits per heavy atom. The van der Waals surface area contributed by atoms with Gasteiger partial charge >= 0.3 is 0 Å². The maximum atomic E-state index is 12.1. The van der Waals surface area contributed by atoms with Gasteiger partial charge in [0.1, 0.15) is 0 Å². The van der Waals surface area contributed by atoms with Gasteiger partial charge in [-0.05, 0) is 25.3 Å². The number of hydrogen-bond acceptors (Lipinski definition) is 4. The first-order chi connectivity index (χ1) is 11.5. The molecule has 0 unspecified atom stereocenters. The summed E-state index contributed by atoms with van der Waals surface area (Å²) in [7, 11) is 0. The third-order valence-electron chi connectivity index (χ3n) is 3.97. The van der Waals surface area contributed by atoms with E-state index in [2.05, 4.69) is 5.32 Å². The molecule has 0 radical (unpaired) electrons. The lowest BCUT2D eigenvalue weighted by Crippen LogP contribution is -2.34. The van der Waals surface area contributed by atoms with Crippen molar-refractivity contribution in [1.29, 1.82) is 0 Å². The SMILES string of the molecule is O=C(NCCCN1CCCCCC1=O)c1ccc([N+](=O)[O-])cc1Cl. The number of halogens is 1. The summed E-state index contributed by atoms with van der Waals surface area (Å²) >= 11 is 5.92. The van der Waals surface area contributed by atoms with Gasteiger partial charge in [0.2, 0.25) is 5.91 Å². The minimum absolute atomic E-state index is 0.0457. The number of benzene rings is 1. The lowest BCUT2D eigenvalue weighted by Gasteiger charge is -2.20. The largest absolute Gasteiger partial charge is 0.352 e. The molecule has 1 aliphatic rings. The molecule has 0 saturated carbocycles. The average molecular weight is 354 g/mol. The molecule has 2 rings (SSSR count). The number of nitrogens with one attached hydrogen (secondary N) is 1. The van der Waals surface area contributed by atoms with Crippen LogP contribution in [0.3, 0.4) is 0 Å². The van der Waals surface area contributed by atoms with Crippen LogP contribution >= 0.6 is 11.6 Å². The van der Waals surface area contributed by atoms with Crippen LogP contribution in [-0.2, 0) is 4.79 Å². The normalized spacial score (nSPS) is 15.0. The van der Waals surface area contributed by atoms with Crippen LogP contribution in [0.4, 0.5) is 5.69 Å². The van der Waals surface area contributed by atoms with E-state index in [1.165, 1.54) is 12.1 Å². The summed E-state index contributed by atoms with van der Waals surface area (Å²) < 4.78 is 0. The Balaban J connectivity index is 1.81. The minimum atomic E-state index is -0.564. The number of likely N-dealkylation sites (tertiary alicyclic amines) is 1. The van der Waals surface area contributed by atoms with Gasteiger partial charge in [0.05, 0.1) is 15.5 Å². The second-order valence-electron chi connectivity index (χ2n) is 5.72. The molecule has 130 valence electrons. The van der Waals surface area contributed by atoms with E-state index >= 15 is 0 Å². The van der Waals surface area contributed by atoms with Gasteiger partial charge in [-0.15, -0.1) is 0 Å². The molecule has 1 saturated heterocycles. The van der Waals surface area contributed by atoms with Gasteiger partial charge in [-0.2, -0.15) is 0 Å². The van der Waals surface area contributed by atoms with E-state index in [-0.39, 0.29) is 28.1 Å². The van der Waals surface area contributed by atoms with Crippen LogP contribution in [0.5, 0.6) is 0 Å². The highest BCUT2D eigenvalue weighted by Gasteiger charge is 2.17. The molecular formula is C16H20ClN3O4. The van der Waals surface area contributed by atoms with Gasteiger partial charge in [0, 0.05) is 38.2 Å². The molecule has 1 N–H and O–H groups in total. The lowest BCUT2D eigenvalue weighted by atomic mass is 10.2. The molecule has 0 atom stereocenters. The Morgan fingerprint density at radius 1 is 1.33 bits per heavy atom. The van der Waals surface area contributed by atoms with Gasteiger partial charge in [-0.25, -0.2) is 0 Å². The van der Waals surface area contributed by atoms with Crippen LogP contribution in [0.15, 0.2) is 18.2 Å². The molecule has 1 heterocycles. The van der Waals surface area contributed by atoms with Gasteiger partial charge in [-0.3, -0.25) is 19.7 Å². The number of amides is 2. The van der Waals surface area contributed by atoms with Crippen LogP contribution < -0.4 is 5.32 Å². The molecule has 0 aliphatic carbocycles. The fraction of sp³-hybridized carbons (Fsp3) is 0.500. The maximum absolute atomic E-state index is 12.1. The zero-order valence-corrected chi connectivity index (χ0v) is 14.1. The summed E-state index contributed by atoms with van der Waals surface area (Å²) in [6.07, 6.45) is 4.31. The highest BCUT2D eigenvalue weighted by molar-refractivity contribution is 6.34. The predicted molar refractivity (Wildman–Crippen MR) is 90.1 cm³/mol. The van der Waals surface area contributed by atoms with E-state index in [4.69, 9.17) is 11.6 Å². The molecule has 1 aliphatic heterocycles. The standard InChI is InChI=1S/C16H20ClN3O4/c17-14-11-12(20(23)24)6-7-13(14)16(22)18-8-4-10-19-9-3-1-2-5-15(19)21/h6-7,11H,1-5,8-10H2,(H,18,22). The smallest absolute Gasteiger partial charge is 0.270 e. The van der Waals surface area contributed by atoms with Crippen LogP contribution in [0.25, 0.3) is 0 Å². The monoisotopic (exact) mass is 353 g/mol. The van der Waals surface area contributed by atoms with Crippen molar-refractivity contribution in [3.8, 4) is 0 Å². The zero-order chi connectivity index (χ0) is 17.5. The van der Waals surface area contributed by atoms with E-state index in [1.54, 1.807) is 0 Å². The molecule has 1 fully saturated rings. The van der Waals surface area contributed by atoms with Crippen molar-refractivity contribution in [2.45, 2.75) is 32.1 Å². The molecule has 8 heteroatoms. The first kappa shape index (κ1) is 18.2. The Kier molecular flexibility index (Phi) is 6.54. The average Bonchev–Trinajstić information content (AvgIpc) is 2.75. The van der Waals surface area contributed by atoms with Gasteiger partial charge in [-0.1, -0.05) is 18.0 Å². The Bertz CT molecular complexity index is 636. The van der Waals surface area contributed by atoms with Crippen LogP contribution in [-0.4, -0.2) is 41.3 Å². The highest BCUT2D eigenvalue weighted by Crippen LogP contribution is 2.22. The fourth-order valence-electron chi connectivity index (χ4n) is 2.64. The lowest BCUT2D eigenvalue weighted by molar-refractivity contribution is -0.384. The summed E-state index contributed by atoms with van der Waals surface area (Å²) in [5.74, 6) is -0.200. The third kappa shape index (κ3) is 4.92. The summed E-state index contributed by atoms with van der Waals surface area (Å²) in [6, 6.07) is 3.75. The van der Waals surface area contributed by atoms with Crippen LogP contribution in [0.1, 0.15) is 42.5 Å². The highest BCUT2D eigenvalue weighted by atomic mass is 35.5. The first-order valence-electron chi connectivity index (χ1n) is 7.99. The number of carbonyl (C=O) groups excluding carboxylic acids is 2. The van der Waals surface area contributed by atoms with Crippen molar-refractivity contribution in [3.05, 3.63) is 38.9 Å². The number of rotatable bonds is 6. The van der Waals surface area contributed by atoms with Gasteiger partial charge in [0.25, 0.3) is 11.6 Å². The van der Waals surface area contributed by atoms with E-state index < -0.39 is 4.92 Å². The Morgan fingerprint density at radius 3 is 2.83 bits per heavy atom. The van der Waals surface area contributed by atoms with Gasteiger partial charge in [0.15, 0.2) is 0 Å². The topological polar surface area (TPSA) is 92.6 Å². The van der Waals surface area contributed by atoms with Crippen molar-refractivity contribution in [1.82, 2.24) is 10.2 Å². The van der Waals surface area contributed by atoms with E-state index in [0.717, 1.165) is 31.9 Å². The maximum Gasteiger partial charge on any atom is 0.270 e. The molecule has 24 heavy (non-hydrogen) atoms. The number of non-ortho nitro benzene ring substituents is 1. The van der Waals surface area contributed by atoms with Crippen molar-refractivity contribution in [2.75, 3.05) is 19.6 Å². The number of nitrogens with zero attached hydrogens (tertiary/aromatic N) is 2. The quantitative estimate of drug-likeness (QED) is 0.483. The van der Waals surface area contributed by atoms with E-state index in [1.807, 2.05) is 4.90 Å². The summed E-state index contributed by atoms with van der Waals surface area (Å²) in [6.45, 7) is 1.81. The van der Waals surface area contributed by atoms with E-state index in [9.17, 15) is 19.7 Å². The first-order valence-corrected chi connectivity index (χ1v) is 8.37. The predicted octanol–water partition coefficient (Wildman–Crippen LogP) is 2.77. The number of nitro benzene ring substituents is 1. The molecule has 1 aromatic carbocycles. The molecule has 7 nitrogen and oxygen atoms in total. The number of carbonyl (C=O) groups is 2. The van der Waals surface area contributed by atoms with Crippen molar-refractivity contribution in [3.63, 3.8) is 0 Å². The summed E-state index contributed by atoms with van der Waals surface area (Å²) in [4.78, 5) is 35.9. The Hall–Kier alpha value is -2.15. The second-order valence-corrected chi connectivity index (χ2v) is 6.13. The van der Waals surface area contributed by atoms with Crippen LogP contribution in [0, 0.1) is 10.1 Å². The number of hydrogen-bond donors (Lipinski definition) is 1. The molecule has 2 amide bonds.